The molecule has 62 valence electrons. The van der Waals surface area contributed by atoms with Crippen LogP contribution in [-0.2, 0) is 15.0 Å². The van der Waals surface area contributed by atoms with Crippen molar-refractivity contribution in [3.8, 4) is 0 Å². The second-order valence-corrected chi connectivity index (χ2v) is 5.50. The second-order valence-electron chi connectivity index (χ2n) is 1.83. The van der Waals surface area contributed by atoms with Crippen LogP contribution < -0.4 is 26.4 Å². The van der Waals surface area contributed by atoms with E-state index in [4.69, 9.17) is 0 Å². The van der Waals surface area contributed by atoms with Gasteiger partial charge in [0, 0.05) is 0 Å². The second kappa shape index (κ2) is 5.29. The number of thiophene rings is 2. The van der Waals surface area contributed by atoms with Gasteiger partial charge in [0.05, 0.1) is 0 Å². The Hall–Kier alpha value is 0.517. The van der Waals surface area contributed by atoms with E-state index in [0.717, 1.165) is 0 Å². The van der Waals surface area contributed by atoms with E-state index in [1.807, 2.05) is 15.0 Å². The van der Waals surface area contributed by atoms with Gasteiger partial charge in [-0.15, -0.1) is 0 Å². The van der Waals surface area contributed by atoms with Crippen molar-refractivity contribution in [2.45, 2.75) is 0 Å². The first-order chi connectivity index (χ1) is 5.45. The fraction of sp³-hybridized carbons (Fsp3) is 0. The van der Waals surface area contributed by atoms with Gasteiger partial charge >= 0.3 is 99.1 Å². The van der Waals surface area contributed by atoms with Crippen molar-refractivity contribution < 1.29 is 33.8 Å². The predicted octanol–water partition coefficient (Wildman–Crippen LogP) is -1.15. The van der Waals surface area contributed by atoms with E-state index in [0.29, 0.717) is 0 Å². The predicted molar refractivity (Wildman–Crippen MR) is 47.9 cm³/mol. The molecule has 0 aliphatic carbocycles. The Morgan fingerprint density at radius 2 is 1.42 bits per heavy atom. The van der Waals surface area contributed by atoms with Crippen LogP contribution >= 0.6 is 22.7 Å². The Kier molecular flexibility index (Phi) is 4.67. The molecule has 0 aliphatic rings. The molecule has 2 aromatic rings. The van der Waals surface area contributed by atoms with Crippen LogP contribution in [0.15, 0.2) is 35.0 Å². The van der Waals surface area contributed by atoms with Gasteiger partial charge in [-0.1, -0.05) is 0 Å². The topological polar surface area (TPSA) is 0 Å². The summed E-state index contributed by atoms with van der Waals surface area (Å²) in [6.45, 7) is 0. The first-order valence-corrected chi connectivity index (χ1v) is 5.79. The Morgan fingerprint density at radius 1 is 0.917 bits per heavy atom. The third-order valence-electron chi connectivity index (χ3n) is 1.08. The minimum atomic E-state index is 0. The summed E-state index contributed by atoms with van der Waals surface area (Å²) < 4.78 is 2.72. The molecular formula is C8H6CuLiS2. The quantitative estimate of drug-likeness (QED) is 0.578. The molecular weight excluding hydrogens is 231 g/mol. The molecule has 12 heavy (non-hydrogen) atoms. The van der Waals surface area contributed by atoms with Gasteiger partial charge in [0.15, 0.2) is 0 Å². The minimum absolute atomic E-state index is 0. The zero-order chi connectivity index (χ0) is 7.52. The van der Waals surface area contributed by atoms with Gasteiger partial charge in [0.2, 0.25) is 0 Å². The van der Waals surface area contributed by atoms with Crippen molar-refractivity contribution in [3.63, 3.8) is 0 Å². The molecule has 0 aliphatic heterocycles. The number of hydrogen-bond acceptors (Lipinski definition) is 2. The molecule has 0 spiro atoms. The molecule has 2 aromatic heterocycles. The zero-order valence-corrected chi connectivity index (χ0v) is 9.16. The van der Waals surface area contributed by atoms with Gasteiger partial charge in [-0.2, -0.15) is 0 Å². The fourth-order valence-corrected chi connectivity index (χ4v) is 3.58. The molecule has 0 amide bonds. The monoisotopic (exact) mass is 236 g/mol. The fourth-order valence-electron chi connectivity index (χ4n) is 0.651. The summed E-state index contributed by atoms with van der Waals surface area (Å²) in [7, 11) is 0. The summed E-state index contributed by atoms with van der Waals surface area (Å²) >= 11 is 5.50. The van der Waals surface area contributed by atoms with E-state index in [1.165, 1.54) is 7.55 Å². The molecule has 0 atom stereocenters. The van der Waals surface area contributed by atoms with E-state index < -0.39 is 0 Å². The van der Waals surface area contributed by atoms with Crippen molar-refractivity contribution in [2.24, 2.45) is 0 Å². The Balaban J connectivity index is 0.000000720. The van der Waals surface area contributed by atoms with Crippen LogP contribution in [0.5, 0.6) is 0 Å². The van der Waals surface area contributed by atoms with Crippen LogP contribution in [0.25, 0.3) is 0 Å². The van der Waals surface area contributed by atoms with Crippen molar-refractivity contribution in [1.29, 1.82) is 0 Å². The van der Waals surface area contributed by atoms with E-state index in [1.54, 1.807) is 22.7 Å². The Labute approximate surface area is 98.3 Å². The molecule has 0 aromatic carbocycles. The summed E-state index contributed by atoms with van der Waals surface area (Å²) in [5.41, 5.74) is 0. The van der Waals surface area contributed by atoms with E-state index in [-0.39, 0.29) is 18.9 Å². The molecule has 0 nitrogen and oxygen atoms in total. The van der Waals surface area contributed by atoms with Crippen LogP contribution in [0.3, 0.4) is 0 Å². The van der Waals surface area contributed by atoms with Gasteiger partial charge in [0.25, 0.3) is 0 Å². The first kappa shape index (κ1) is 10.6. The normalized spacial score (nSPS) is 9.67. The molecule has 0 bridgehead atoms. The summed E-state index contributed by atoms with van der Waals surface area (Å²) in [6, 6.07) is 8.45. The van der Waals surface area contributed by atoms with Gasteiger partial charge in [-0.3, -0.25) is 0 Å². The van der Waals surface area contributed by atoms with Crippen LogP contribution in [0.1, 0.15) is 0 Å². The molecule has 0 N–H and O–H groups in total. The summed E-state index contributed by atoms with van der Waals surface area (Å²) in [5, 5.41) is 4.21. The van der Waals surface area contributed by atoms with Gasteiger partial charge in [-0.25, -0.2) is 0 Å². The van der Waals surface area contributed by atoms with Gasteiger partial charge in [-0.05, 0) is 0 Å². The third kappa shape index (κ3) is 2.78. The van der Waals surface area contributed by atoms with Crippen LogP contribution in [-0.4, -0.2) is 0 Å². The zero-order valence-electron chi connectivity index (χ0n) is 6.58. The average Bonchev–Trinajstić information content (AvgIpc) is 2.60. The van der Waals surface area contributed by atoms with E-state index in [2.05, 4.69) is 35.0 Å². The van der Waals surface area contributed by atoms with Gasteiger partial charge < -0.3 is 0 Å². The van der Waals surface area contributed by atoms with Crippen molar-refractivity contribution >= 4 is 30.2 Å². The van der Waals surface area contributed by atoms with Crippen molar-refractivity contribution in [3.05, 3.63) is 35.0 Å². The molecule has 2 rings (SSSR count). The standard InChI is InChI=1S/2C4H3S.Cu.Li/c2*1-2-4-5-3-1;;/h2*1-3H;;/q;;-1;+1. The molecule has 0 fully saturated rings. The maximum atomic E-state index is 2.14. The first-order valence-electron chi connectivity index (χ1n) is 3.09. The SMILES string of the molecule is [Li+].c1cs[c]([Cu-][c]2cccs2)c1. The van der Waals surface area contributed by atoms with Crippen LogP contribution in [0.2, 0.25) is 0 Å². The molecule has 0 unspecified atom stereocenters. The maximum absolute atomic E-state index is 2.14. The van der Waals surface area contributed by atoms with Crippen molar-refractivity contribution in [2.75, 3.05) is 0 Å². The third-order valence-corrected chi connectivity index (χ3v) is 4.30. The Morgan fingerprint density at radius 3 is 1.75 bits per heavy atom. The summed E-state index contributed by atoms with van der Waals surface area (Å²) in [5.74, 6) is 0. The molecule has 0 radical (unpaired) electrons. The molecule has 2 heterocycles. The molecule has 0 saturated heterocycles. The van der Waals surface area contributed by atoms with E-state index >= 15 is 0 Å². The summed E-state index contributed by atoms with van der Waals surface area (Å²) in [6.07, 6.45) is 0. The van der Waals surface area contributed by atoms with Crippen LogP contribution in [0.4, 0.5) is 0 Å². The van der Waals surface area contributed by atoms with Crippen LogP contribution in [0, 0.1) is 0 Å². The number of hydrogen-bond donors (Lipinski definition) is 0. The average molecular weight is 237 g/mol. The van der Waals surface area contributed by atoms with E-state index in [9.17, 15) is 0 Å². The summed E-state index contributed by atoms with van der Waals surface area (Å²) in [4.78, 5) is 0. The molecule has 0 saturated carbocycles. The molecule has 4 heteroatoms. The van der Waals surface area contributed by atoms with Crippen molar-refractivity contribution in [1.82, 2.24) is 0 Å². The van der Waals surface area contributed by atoms with Gasteiger partial charge in [0.1, 0.15) is 0 Å². The number of rotatable bonds is 2. The Bertz CT molecular complexity index is 269.